The van der Waals surface area contributed by atoms with E-state index in [4.69, 9.17) is 11.6 Å². The second kappa shape index (κ2) is 7.92. The molecule has 3 aromatic rings. The Morgan fingerprint density at radius 2 is 1.76 bits per heavy atom. The number of carbonyl (C=O) groups excluding carboxylic acids is 1. The first-order valence-electron chi connectivity index (χ1n) is 9.10. The Labute approximate surface area is 171 Å². The number of nitrogens with one attached hydrogen (secondary N) is 1. The standard InChI is InChI=1S/C20H18ClN5O3/c21-14-1-3-15(4-2-14)23-20(27)25-11-9-24(10-12-25)18-5-6-19(26(28)29)17-13-22-8-7-16(17)18/h1-8,13H,9-12H2,(H,23,27). The summed E-state index contributed by atoms with van der Waals surface area (Å²) >= 11 is 5.87. The predicted molar refractivity (Wildman–Crippen MR) is 113 cm³/mol. The maximum absolute atomic E-state index is 12.5. The fourth-order valence-electron chi connectivity index (χ4n) is 3.48. The number of non-ortho nitro benzene ring substituents is 1. The van der Waals surface area contributed by atoms with Gasteiger partial charge in [-0.25, -0.2) is 4.79 Å². The molecule has 0 spiro atoms. The van der Waals surface area contributed by atoms with Crippen molar-refractivity contribution < 1.29 is 9.72 Å². The van der Waals surface area contributed by atoms with Crippen molar-refractivity contribution in [2.45, 2.75) is 0 Å². The number of hydrogen-bond donors (Lipinski definition) is 1. The molecule has 1 aromatic heterocycles. The number of aromatic nitrogens is 1. The van der Waals surface area contributed by atoms with Crippen LogP contribution < -0.4 is 10.2 Å². The topological polar surface area (TPSA) is 91.6 Å². The van der Waals surface area contributed by atoms with E-state index in [0.717, 1.165) is 11.1 Å². The van der Waals surface area contributed by atoms with Gasteiger partial charge in [-0.2, -0.15) is 0 Å². The van der Waals surface area contributed by atoms with Gasteiger partial charge >= 0.3 is 6.03 Å². The third-order valence-corrected chi connectivity index (χ3v) is 5.22. The number of nitrogens with zero attached hydrogens (tertiary/aromatic N) is 4. The van der Waals surface area contributed by atoms with Gasteiger partial charge in [0.25, 0.3) is 5.69 Å². The van der Waals surface area contributed by atoms with Crippen molar-refractivity contribution in [2.24, 2.45) is 0 Å². The second-order valence-electron chi connectivity index (χ2n) is 6.69. The monoisotopic (exact) mass is 411 g/mol. The quantitative estimate of drug-likeness (QED) is 0.516. The van der Waals surface area contributed by atoms with Gasteiger partial charge in [0, 0.05) is 66.4 Å². The molecule has 0 bridgehead atoms. The molecule has 2 aromatic carbocycles. The molecular weight excluding hydrogens is 394 g/mol. The molecule has 1 aliphatic rings. The molecule has 0 aliphatic carbocycles. The number of halogens is 1. The summed E-state index contributed by atoms with van der Waals surface area (Å²) in [7, 11) is 0. The zero-order chi connectivity index (χ0) is 20.4. The Morgan fingerprint density at radius 3 is 2.45 bits per heavy atom. The van der Waals surface area contributed by atoms with Gasteiger partial charge in [-0.1, -0.05) is 11.6 Å². The number of nitro groups is 1. The van der Waals surface area contributed by atoms with E-state index in [1.54, 1.807) is 47.5 Å². The summed E-state index contributed by atoms with van der Waals surface area (Å²) in [6.45, 7) is 2.35. The number of carbonyl (C=O) groups is 1. The third-order valence-electron chi connectivity index (χ3n) is 4.97. The van der Waals surface area contributed by atoms with Crippen molar-refractivity contribution in [3.05, 3.63) is 70.0 Å². The molecule has 4 rings (SSSR count). The average molecular weight is 412 g/mol. The van der Waals surface area contributed by atoms with Crippen molar-refractivity contribution >= 4 is 45.5 Å². The van der Waals surface area contributed by atoms with Crippen LogP contribution in [0.25, 0.3) is 10.8 Å². The van der Waals surface area contributed by atoms with E-state index < -0.39 is 4.92 Å². The molecule has 8 nitrogen and oxygen atoms in total. The van der Waals surface area contributed by atoms with Crippen LogP contribution in [-0.2, 0) is 0 Å². The first kappa shape index (κ1) is 18.9. The maximum atomic E-state index is 12.5. The summed E-state index contributed by atoms with van der Waals surface area (Å²) in [6.07, 6.45) is 3.15. The lowest BCUT2D eigenvalue weighted by atomic mass is 10.1. The fraction of sp³-hybridized carbons (Fsp3) is 0.200. The Hall–Kier alpha value is -3.39. The van der Waals surface area contributed by atoms with Crippen LogP contribution in [0.15, 0.2) is 54.9 Å². The molecule has 0 radical (unpaired) electrons. The van der Waals surface area contributed by atoms with Gasteiger partial charge in [-0.05, 0) is 36.4 Å². The summed E-state index contributed by atoms with van der Waals surface area (Å²) in [5.74, 6) is 0. The number of anilines is 2. The average Bonchev–Trinajstić information content (AvgIpc) is 2.74. The van der Waals surface area contributed by atoms with E-state index in [1.165, 1.54) is 12.3 Å². The highest BCUT2D eigenvalue weighted by molar-refractivity contribution is 6.30. The lowest BCUT2D eigenvalue weighted by Crippen LogP contribution is -2.50. The van der Waals surface area contributed by atoms with Gasteiger partial charge in [0.2, 0.25) is 0 Å². The number of nitro benzene ring substituents is 1. The molecule has 1 aliphatic heterocycles. The number of fused-ring (bicyclic) bond motifs is 1. The Morgan fingerprint density at radius 1 is 1.03 bits per heavy atom. The van der Waals surface area contributed by atoms with Gasteiger partial charge in [-0.15, -0.1) is 0 Å². The molecule has 0 atom stereocenters. The molecule has 29 heavy (non-hydrogen) atoms. The van der Waals surface area contributed by atoms with Crippen molar-refractivity contribution in [3.8, 4) is 0 Å². The lowest BCUT2D eigenvalue weighted by Gasteiger charge is -2.36. The highest BCUT2D eigenvalue weighted by Crippen LogP contribution is 2.33. The van der Waals surface area contributed by atoms with Crippen molar-refractivity contribution in [1.82, 2.24) is 9.88 Å². The highest BCUT2D eigenvalue weighted by atomic mass is 35.5. The fourth-order valence-corrected chi connectivity index (χ4v) is 3.61. The molecule has 1 fully saturated rings. The van der Waals surface area contributed by atoms with Crippen LogP contribution in [0, 0.1) is 10.1 Å². The van der Waals surface area contributed by atoms with Crippen LogP contribution in [0.5, 0.6) is 0 Å². The van der Waals surface area contributed by atoms with E-state index >= 15 is 0 Å². The summed E-state index contributed by atoms with van der Waals surface area (Å²) in [6, 6.07) is 11.9. The molecule has 2 heterocycles. The molecule has 0 saturated carbocycles. The van der Waals surface area contributed by atoms with E-state index in [-0.39, 0.29) is 11.7 Å². The van der Waals surface area contributed by atoms with Gasteiger partial charge in [0.05, 0.1) is 10.3 Å². The second-order valence-corrected chi connectivity index (χ2v) is 7.13. The first-order valence-corrected chi connectivity index (χ1v) is 9.48. The van der Waals surface area contributed by atoms with Crippen LogP contribution in [0.4, 0.5) is 21.9 Å². The molecule has 9 heteroatoms. The molecule has 1 N–H and O–H groups in total. The summed E-state index contributed by atoms with van der Waals surface area (Å²) in [5.41, 5.74) is 1.64. The van der Waals surface area contributed by atoms with E-state index in [0.29, 0.717) is 42.3 Å². The van der Waals surface area contributed by atoms with Gasteiger partial charge < -0.3 is 15.1 Å². The number of piperazine rings is 1. The summed E-state index contributed by atoms with van der Waals surface area (Å²) in [5, 5.41) is 16.1. The van der Waals surface area contributed by atoms with Crippen LogP contribution >= 0.6 is 11.6 Å². The maximum Gasteiger partial charge on any atom is 0.321 e. The number of amides is 2. The number of urea groups is 1. The van der Waals surface area contributed by atoms with Gasteiger partial charge in [0.1, 0.15) is 0 Å². The minimum absolute atomic E-state index is 0.0397. The summed E-state index contributed by atoms with van der Waals surface area (Å²) < 4.78 is 0. The molecule has 1 saturated heterocycles. The normalized spacial score (nSPS) is 14.1. The first-order chi connectivity index (χ1) is 14.0. The minimum atomic E-state index is -0.396. The van der Waals surface area contributed by atoms with Gasteiger partial charge in [-0.3, -0.25) is 15.1 Å². The lowest BCUT2D eigenvalue weighted by molar-refractivity contribution is -0.383. The smallest absolute Gasteiger partial charge is 0.321 e. The molecule has 2 amide bonds. The van der Waals surface area contributed by atoms with Crippen LogP contribution in [-0.4, -0.2) is 47.0 Å². The SMILES string of the molecule is O=C(Nc1ccc(Cl)cc1)N1CCN(c2ccc([N+](=O)[O-])c3cnccc23)CC1. The Balaban J connectivity index is 1.47. The molecular formula is C20H18ClN5O3. The minimum Gasteiger partial charge on any atom is -0.367 e. The summed E-state index contributed by atoms with van der Waals surface area (Å²) in [4.78, 5) is 31.3. The zero-order valence-electron chi connectivity index (χ0n) is 15.4. The Bertz CT molecular complexity index is 1070. The van der Waals surface area contributed by atoms with Crippen LogP contribution in [0.3, 0.4) is 0 Å². The van der Waals surface area contributed by atoms with E-state index in [1.807, 2.05) is 0 Å². The number of pyridine rings is 1. The van der Waals surface area contributed by atoms with Crippen LogP contribution in [0.2, 0.25) is 5.02 Å². The largest absolute Gasteiger partial charge is 0.367 e. The van der Waals surface area contributed by atoms with E-state index in [2.05, 4.69) is 15.2 Å². The number of hydrogen-bond acceptors (Lipinski definition) is 5. The van der Waals surface area contributed by atoms with Crippen molar-refractivity contribution in [1.29, 1.82) is 0 Å². The predicted octanol–water partition coefficient (Wildman–Crippen LogP) is 4.15. The van der Waals surface area contributed by atoms with Crippen molar-refractivity contribution in [3.63, 3.8) is 0 Å². The van der Waals surface area contributed by atoms with Crippen molar-refractivity contribution in [2.75, 3.05) is 36.4 Å². The third kappa shape index (κ3) is 3.93. The number of benzene rings is 2. The zero-order valence-corrected chi connectivity index (χ0v) is 16.2. The van der Waals surface area contributed by atoms with Gasteiger partial charge in [0.15, 0.2) is 0 Å². The Kier molecular flexibility index (Phi) is 5.18. The molecule has 148 valence electrons. The molecule has 0 unspecified atom stereocenters. The van der Waals surface area contributed by atoms with Crippen LogP contribution in [0.1, 0.15) is 0 Å². The number of rotatable bonds is 3. The van der Waals surface area contributed by atoms with E-state index in [9.17, 15) is 14.9 Å². The highest BCUT2D eigenvalue weighted by Gasteiger charge is 2.24.